The van der Waals surface area contributed by atoms with Crippen LogP contribution in [-0.4, -0.2) is 70.0 Å². The van der Waals surface area contributed by atoms with Crippen molar-refractivity contribution in [3.63, 3.8) is 0 Å². The van der Waals surface area contributed by atoms with Gasteiger partial charge in [0.1, 0.15) is 19.8 Å². The molecule has 0 aliphatic rings. The number of carbonyl (C=O) groups is 2. The maximum absolute atomic E-state index is 12.9. The molecule has 0 amide bonds. The fraction of sp³-hybridized carbons (Fsp3) is 0.659. The lowest BCUT2D eigenvalue weighted by Gasteiger charge is -2.28. The number of allylic oxidation sites excluding steroid dienone is 26. The number of phosphoric ester groups is 1. The van der Waals surface area contributed by atoms with E-state index in [4.69, 9.17) is 18.5 Å². The van der Waals surface area contributed by atoms with Crippen molar-refractivity contribution in [2.45, 2.75) is 302 Å². The van der Waals surface area contributed by atoms with Crippen LogP contribution in [0.2, 0.25) is 0 Å². The van der Waals surface area contributed by atoms with Crippen molar-refractivity contribution >= 4 is 19.8 Å². The number of ether oxygens (including phenoxy) is 2. The highest BCUT2D eigenvalue weighted by Crippen LogP contribution is 2.38. The Morgan fingerprint density at radius 2 is 0.587 bits per heavy atom. The molecule has 0 heterocycles. The molecule has 0 aromatic rings. The van der Waals surface area contributed by atoms with Gasteiger partial charge in [0.15, 0.2) is 6.10 Å². The van der Waals surface area contributed by atoms with E-state index in [1.54, 1.807) is 0 Å². The van der Waals surface area contributed by atoms with E-state index in [9.17, 15) is 19.0 Å². The van der Waals surface area contributed by atoms with Crippen molar-refractivity contribution in [1.82, 2.24) is 0 Å². The second kappa shape index (κ2) is 70.9. The number of nitrogens with zero attached hydrogens (tertiary/aromatic N) is 1. The Bertz CT molecular complexity index is 2110. The first-order chi connectivity index (χ1) is 45.0. The summed E-state index contributed by atoms with van der Waals surface area (Å²) in [5, 5.41) is 0. The monoisotopic (exact) mass is 1300 g/mol. The summed E-state index contributed by atoms with van der Waals surface area (Å²) >= 11 is 0. The minimum Gasteiger partial charge on any atom is -0.756 e. The van der Waals surface area contributed by atoms with E-state index in [0.717, 1.165) is 135 Å². The summed E-state index contributed by atoms with van der Waals surface area (Å²) in [5.74, 6) is -0.856. The third-order valence-corrected chi connectivity index (χ3v) is 16.5. The van der Waals surface area contributed by atoms with Crippen molar-refractivity contribution in [1.29, 1.82) is 0 Å². The highest BCUT2D eigenvalue weighted by molar-refractivity contribution is 7.45. The van der Waals surface area contributed by atoms with E-state index in [-0.39, 0.29) is 32.0 Å². The van der Waals surface area contributed by atoms with Crippen molar-refractivity contribution in [3.8, 4) is 0 Å². The Morgan fingerprint density at radius 3 is 0.870 bits per heavy atom. The predicted molar refractivity (Wildman–Crippen MR) is 397 cm³/mol. The van der Waals surface area contributed by atoms with Gasteiger partial charge in [-0.05, 0) is 122 Å². The lowest BCUT2D eigenvalue weighted by molar-refractivity contribution is -0.870. The fourth-order valence-corrected chi connectivity index (χ4v) is 10.7. The van der Waals surface area contributed by atoms with Crippen LogP contribution in [0, 0.1) is 0 Å². The number of unbranched alkanes of at least 4 members (excludes halogenated alkanes) is 27. The number of hydrogen-bond acceptors (Lipinski definition) is 8. The quantitative estimate of drug-likeness (QED) is 0.0195. The van der Waals surface area contributed by atoms with Gasteiger partial charge in [-0.2, -0.15) is 0 Å². The molecule has 92 heavy (non-hydrogen) atoms. The third kappa shape index (κ3) is 74.7. The standard InChI is InChI=1S/C82H138NO8P/c1-6-8-10-12-14-16-18-20-22-24-26-28-30-32-34-36-38-40-41-43-44-46-48-50-52-54-56-58-60-62-64-66-68-70-72-74-81(84)88-78-80(79-90-92(86,87)89-77-76-83(3,4)5)91-82(85)75-73-71-69-67-65-63-61-59-57-55-53-51-49-47-45-42-39-37-35-33-31-29-27-25-23-21-19-17-15-13-11-9-7-2/h8-11,14-17,20-23,26-29,33,35,39,42,47,49,53,55,59,61,80H,6-7,12-13,18-19,24-25,30-32,34,36-38,40-41,43-46,48,50-52,54,56-58,60,62-79H2,1-5H3/b10-8-,11-9-,16-14-,17-15-,22-20-,23-21-,28-26-,29-27-,35-33-,42-39-,49-47-,55-53-,61-59-. The molecule has 0 aromatic carbocycles. The van der Waals surface area contributed by atoms with Crippen LogP contribution >= 0.6 is 7.82 Å². The van der Waals surface area contributed by atoms with Gasteiger partial charge in [-0.3, -0.25) is 14.2 Å². The number of hydrogen-bond donors (Lipinski definition) is 0. The second-order valence-electron chi connectivity index (χ2n) is 25.5. The van der Waals surface area contributed by atoms with Gasteiger partial charge in [0, 0.05) is 12.8 Å². The summed E-state index contributed by atoms with van der Waals surface area (Å²) in [6, 6.07) is 0. The fourth-order valence-electron chi connectivity index (χ4n) is 9.94. The summed E-state index contributed by atoms with van der Waals surface area (Å²) in [4.78, 5) is 38.1. The zero-order valence-corrected chi connectivity index (χ0v) is 60.6. The highest BCUT2D eigenvalue weighted by atomic mass is 31.2. The summed E-state index contributed by atoms with van der Waals surface area (Å²) in [5.41, 5.74) is 0. The molecule has 10 heteroatoms. The van der Waals surface area contributed by atoms with Crippen molar-refractivity contribution in [3.05, 3.63) is 158 Å². The molecule has 0 spiro atoms. The van der Waals surface area contributed by atoms with Crippen molar-refractivity contribution in [2.75, 3.05) is 47.5 Å². The van der Waals surface area contributed by atoms with E-state index in [1.165, 1.54) is 128 Å². The molecule has 0 radical (unpaired) electrons. The van der Waals surface area contributed by atoms with Crippen LogP contribution in [0.4, 0.5) is 0 Å². The number of rotatable bonds is 67. The molecule has 0 saturated carbocycles. The first-order valence-electron chi connectivity index (χ1n) is 37.2. The van der Waals surface area contributed by atoms with Crippen LogP contribution in [0.5, 0.6) is 0 Å². The zero-order valence-electron chi connectivity index (χ0n) is 59.7. The molecule has 0 N–H and O–H groups in total. The zero-order chi connectivity index (χ0) is 66.9. The predicted octanol–water partition coefficient (Wildman–Crippen LogP) is 24.1. The average molecular weight is 1300 g/mol. The Kier molecular flexibility index (Phi) is 67.6. The highest BCUT2D eigenvalue weighted by Gasteiger charge is 2.22. The van der Waals surface area contributed by atoms with E-state index >= 15 is 0 Å². The molecule has 0 fully saturated rings. The molecular formula is C82H138NO8P. The van der Waals surface area contributed by atoms with Gasteiger partial charge < -0.3 is 27.9 Å². The number of phosphoric acid groups is 1. The lowest BCUT2D eigenvalue weighted by atomic mass is 10.0. The van der Waals surface area contributed by atoms with Gasteiger partial charge in [-0.1, -0.05) is 320 Å². The van der Waals surface area contributed by atoms with Crippen molar-refractivity contribution in [2.24, 2.45) is 0 Å². The Labute approximate surface area is 566 Å². The second-order valence-corrected chi connectivity index (χ2v) is 27.0. The minimum absolute atomic E-state index is 0.0415. The third-order valence-electron chi connectivity index (χ3n) is 15.5. The van der Waals surface area contributed by atoms with Gasteiger partial charge in [0.2, 0.25) is 0 Å². The Morgan fingerprint density at radius 1 is 0.337 bits per heavy atom. The molecule has 2 unspecified atom stereocenters. The maximum Gasteiger partial charge on any atom is 0.306 e. The number of esters is 2. The summed E-state index contributed by atoms with van der Waals surface area (Å²) in [6.07, 6.45) is 106. The molecular weight excluding hydrogens is 1160 g/mol. The molecule has 2 atom stereocenters. The van der Waals surface area contributed by atoms with Crippen LogP contribution in [-0.2, 0) is 32.7 Å². The molecule has 0 aromatic heterocycles. The molecule has 0 aliphatic heterocycles. The van der Waals surface area contributed by atoms with E-state index in [2.05, 4.69) is 172 Å². The SMILES string of the molecule is CC/C=C\C/C=C\C/C=C\C/C=C\C/C=C\C/C=C\C/C=C\C/C=C\C/C=C\CCCCCCCC(=O)OC(COC(=O)CCCCCCCCCCCCCCCCCCCCCCCC/C=C\C/C=C\C/C=C\C/C=C\CC)COP(=O)([O-])OCC[N+](C)(C)C. The number of carbonyl (C=O) groups excluding carboxylic acids is 2. The van der Waals surface area contributed by atoms with Gasteiger partial charge >= 0.3 is 11.9 Å². The smallest absolute Gasteiger partial charge is 0.306 e. The molecule has 9 nitrogen and oxygen atoms in total. The Balaban J connectivity index is 4.08. The minimum atomic E-state index is -4.66. The van der Waals surface area contributed by atoms with Gasteiger partial charge in [-0.15, -0.1) is 0 Å². The van der Waals surface area contributed by atoms with Gasteiger partial charge in [0.05, 0.1) is 27.7 Å². The number of quaternary nitrogens is 1. The summed E-state index contributed by atoms with van der Waals surface area (Å²) in [7, 11) is 1.14. The number of likely N-dealkylation sites (N-methyl/N-ethyl adjacent to an activating group) is 1. The van der Waals surface area contributed by atoms with Crippen molar-refractivity contribution < 1.29 is 42.1 Å². The van der Waals surface area contributed by atoms with Crippen LogP contribution in [0.15, 0.2) is 158 Å². The summed E-state index contributed by atoms with van der Waals surface area (Å²) < 4.78 is 34.3. The Hall–Kier alpha value is -4.37. The van der Waals surface area contributed by atoms with E-state index in [0.29, 0.717) is 17.4 Å². The van der Waals surface area contributed by atoms with E-state index in [1.807, 2.05) is 21.1 Å². The summed E-state index contributed by atoms with van der Waals surface area (Å²) in [6.45, 7) is 4.00. The molecule has 0 aliphatic carbocycles. The van der Waals surface area contributed by atoms with Crippen LogP contribution in [0.1, 0.15) is 296 Å². The van der Waals surface area contributed by atoms with Crippen LogP contribution in [0.25, 0.3) is 0 Å². The largest absolute Gasteiger partial charge is 0.756 e. The molecule has 0 bridgehead atoms. The van der Waals surface area contributed by atoms with Crippen LogP contribution < -0.4 is 4.89 Å². The van der Waals surface area contributed by atoms with Gasteiger partial charge in [0.25, 0.3) is 7.82 Å². The lowest BCUT2D eigenvalue weighted by Crippen LogP contribution is -2.37. The van der Waals surface area contributed by atoms with Gasteiger partial charge in [-0.25, -0.2) is 0 Å². The normalized spacial score (nSPS) is 14.0. The maximum atomic E-state index is 12.9. The molecule has 0 rings (SSSR count). The molecule has 524 valence electrons. The van der Waals surface area contributed by atoms with E-state index < -0.39 is 26.5 Å². The first-order valence-corrected chi connectivity index (χ1v) is 38.7. The van der Waals surface area contributed by atoms with Crippen LogP contribution in [0.3, 0.4) is 0 Å². The average Bonchev–Trinajstić information content (AvgIpc) is 2.23. The first kappa shape index (κ1) is 87.6. The molecule has 0 saturated heterocycles. The topological polar surface area (TPSA) is 111 Å².